The number of hydrogen-bond acceptors (Lipinski definition) is 3. The van der Waals surface area contributed by atoms with E-state index in [-0.39, 0.29) is 0 Å². The van der Waals surface area contributed by atoms with Crippen molar-refractivity contribution in [2.45, 2.75) is 6.92 Å². The van der Waals surface area contributed by atoms with E-state index in [0.29, 0.717) is 11.5 Å². The first-order valence-electron chi connectivity index (χ1n) is 7.06. The highest BCUT2D eigenvalue weighted by atomic mass is 16.5. The number of nitrogens with one attached hydrogen (secondary N) is 1. The number of methoxy groups -OCH3 is 2. The number of aromatic nitrogens is 2. The van der Waals surface area contributed by atoms with Gasteiger partial charge in [-0.3, -0.25) is 5.10 Å². The third-order valence-corrected chi connectivity index (χ3v) is 3.59. The van der Waals surface area contributed by atoms with Crippen molar-refractivity contribution in [2.75, 3.05) is 14.2 Å². The van der Waals surface area contributed by atoms with Gasteiger partial charge in [-0.25, -0.2) is 0 Å². The quantitative estimate of drug-likeness (QED) is 0.789. The van der Waals surface area contributed by atoms with Crippen LogP contribution in [0.5, 0.6) is 11.5 Å². The van der Waals surface area contributed by atoms with E-state index >= 15 is 0 Å². The summed E-state index contributed by atoms with van der Waals surface area (Å²) in [5.74, 6) is 1.41. The van der Waals surface area contributed by atoms with E-state index in [4.69, 9.17) is 9.47 Å². The third-order valence-electron chi connectivity index (χ3n) is 3.59. The molecule has 0 amide bonds. The summed E-state index contributed by atoms with van der Waals surface area (Å²) in [4.78, 5) is 0. The highest BCUT2D eigenvalue weighted by Crippen LogP contribution is 2.32. The Kier molecular flexibility index (Phi) is 3.83. The van der Waals surface area contributed by atoms with Gasteiger partial charge < -0.3 is 9.47 Å². The van der Waals surface area contributed by atoms with Gasteiger partial charge in [0.2, 0.25) is 0 Å². The number of aryl methyl sites for hydroxylation is 1. The van der Waals surface area contributed by atoms with Gasteiger partial charge in [-0.2, -0.15) is 5.10 Å². The lowest BCUT2D eigenvalue weighted by atomic mass is 10.1. The van der Waals surface area contributed by atoms with E-state index in [0.717, 1.165) is 22.5 Å². The van der Waals surface area contributed by atoms with Gasteiger partial charge in [-0.05, 0) is 37.3 Å². The minimum Gasteiger partial charge on any atom is -0.493 e. The normalized spacial score (nSPS) is 10.5. The van der Waals surface area contributed by atoms with Crippen LogP contribution in [0.2, 0.25) is 0 Å². The largest absolute Gasteiger partial charge is 0.493 e. The minimum atomic E-state index is 0.701. The van der Waals surface area contributed by atoms with Crippen molar-refractivity contribution in [3.05, 3.63) is 54.1 Å². The van der Waals surface area contributed by atoms with Crippen LogP contribution < -0.4 is 9.47 Å². The first-order chi connectivity index (χ1) is 10.7. The molecule has 0 spiro atoms. The van der Waals surface area contributed by atoms with E-state index in [1.807, 2.05) is 30.3 Å². The third kappa shape index (κ3) is 2.68. The second-order valence-electron chi connectivity index (χ2n) is 5.11. The zero-order chi connectivity index (χ0) is 15.5. The number of H-pyrrole nitrogens is 1. The molecule has 22 heavy (non-hydrogen) atoms. The maximum atomic E-state index is 5.35. The van der Waals surface area contributed by atoms with Crippen LogP contribution in [0.4, 0.5) is 0 Å². The van der Waals surface area contributed by atoms with Crippen LogP contribution >= 0.6 is 0 Å². The molecule has 0 aliphatic heterocycles. The van der Waals surface area contributed by atoms with Crippen LogP contribution in [-0.4, -0.2) is 24.4 Å². The number of nitrogens with zero attached hydrogens (tertiary/aromatic N) is 1. The number of benzene rings is 2. The molecule has 0 aliphatic carbocycles. The molecule has 0 bridgehead atoms. The van der Waals surface area contributed by atoms with Crippen LogP contribution in [-0.2, 0) is 0 Å². The number of ether oxygens (including phenoxy) is 2. The van der Waals surface area contributed by atoms with Crippen molar-refractivity contribution in [1.29, 1.82) is 0 Å². The Morgan fingerprint density at radius 2 is 1.68 bits per heavy atom. The molecular weight excluding hydrogens is 276 g/mol. The van der Waals surface area contributed by atoms with Gasteiger partial charge in [0.25, 0.3) is 0 Å². The summed E-state index contributed by atoms with van der Waals surface area (Å²) in [5.41, 5.74) is 5.19. The van der Waals surface area contributed by atoms with Crippen molar-refractivity contribution in [3.63, 3.8) is 0 Å². The predicted octanol–water partition coefficient (Wildman–Crippen LogP) is 4.07. The Bertz CT molecular complexity index is 793. The van der Waals surface area contributed by atoms with Crippen LogP contribution in [0.15, 0.2) is 48.5 Å². The molecule has 3 rings (SSSR count). The number of hydrogen-bond donors (Lipinski definition) is 1. The maximum Gasteiger partial charge on any atom is 0.161 e. The fraction of sp³-hybridized carbons (Fsp3) is 0.167. The smallest absolute Gasteiger partial charge is 0.161 e. The summed E-state index contributed by atoms with van der Waals surface area (Å²) < 4.78 is 10.6. The summed E-state index contributed by atoms with van der Waals surface area (Å²) in [7, 11) is 3.26. The molecule has 0 fully saturated rings. The van der Waals surface area contributed by atoms with Gasteiger partial charge in [0.15, 0.2) is 11.5 Å². The Morgan fingerprint density at radius 3 is 2.41 bits per heavy atom. The molecule has 1 heterocycles. The zero-order valence-electron chi connectivity index (χ0n) is 12.9. The molecular formula is C18H18N2O2. The molecule has 2 aromatic carbocycles. The summed E-state index contributed by atoms with van der Waals surface area (Å²) in [6.45, 7) is 2.07. The van der Waals surface area contributed by atoms with Crippen LogP contribution in [0.3, 0.4) is 0 Å². The standard InChI is InChI=1S/C18H18N2O2/c1-12-5-4-6-13(9-12)15-11-16(20-19-15)14-7-8-17(21-2)18(10-14)22-3/h4-11H,1-3H3,(H,19,20). The van der Waals surface area contributed by atoms with Gasteiger partial charge in [0.1, 0.15) is 0 Å². The zero-order valence-corrected chi connectivity index (χ0v) is 12.9. The fourth-order valence-corrected chi connectivity index (χ4v) is 2.43. The molecule has 0 aliphatic rings. The van der Waals surface area contributed by atoms with Crippen molar-refractivity contribution >= 4 is 0 Å². The molecule has 0 atom stereocenters. The molecule has 0 unspecified atom stereocenters. The molecule has 1 N–H and O–H groups in total. The molecule has 112 valence electrons. The maximum absolute atomic E-state index is 5.35. The first-order valence-corrected chi connectivity index (χ1v) is 7.06. The van der Waals surface area contributed by atoms with Crippen LogP contribution in [0.25, 0.3) is 22.5 Å². The topological polar surface area (TPSA) is 47.1 Å². The second kappa shape index (κ2) is 5.93. The summed E-state index contributed by atoms with van der Waals surface area (Å²) in [5, 5.41) is 7.49. The summed E-state index contributed by atoms with van der Waals surface area (Å²) in [6.07, 6.45) is 0. The van der Waals surface area contributed by atoms with E-state index in [1.54, 1.807) is 14.2 Å². The van der Waals surface area contributed by atoms with E-state index < -0.39 is 0 Å². The lowest BCUT2D eigenvalue weighted by molar-refractivity contribution is 0.355. The van der Waals surface area contributed by atoms with E-state index in [2.05, 4.69) is 35.3 Å². The van der Waals surface area contributed by atoms with Crippen molar-refractivity contribution in [2.24, 2.45) is 0 Å². The van der Waals surface area contributed by atoms with Gasteiger partial charge in [-0.1, -0.05) is 23.8 Å². The SMILES string of the molecule is COc1ccc(-c2cc(-c3cccc(C)c3)n[nH]2)cc1OC. The molecule has 0 saturated heterocycles. The van der Waals surface area contributed by atoms with E-state index in [1.165, 1.54) is 5.56 Å². The average Bonchev–Trinajstić information content (AvgIpc) is 3.04. The number of aromatic amines is 1. The Hall–Kier alpha value is -2.75. The summed E-state index contributed by atoms with van der Waals surface area (Å²) in [6, 6.07) is 16.1. The van der Waals surface area contributed by atoms with Gasteiger partial charge in [-0.15, -0.1) is 0 Å². The lowest BCUT2D eigenvalue weighted by Gasteiger charge is -2.08. The van der Waals surface area contributed by atoms with Crippen LogP contribution in [0, 0.1) is 6.92 Å². The Morgan fingerprint density at radius 1 is 0.864 bits per heavy atom. The predicted molar refractivity (Wildman–Crippen MR) is 87.3 cm³/mol. The van der Waals surface area contributed by atoms with Crippen molar-refractivity contribution in [3.8, 4) is 34.0 Å². The molecule has 1 aromatic heterocycles. The van der Waals surface area contributed by atoms with Crippen LogP contribution in [0.1, 0.15) is 5.56 Å². The Labute approximate surface area is 129 Å². The molecule has 4 heteroatoms. The van der Waals surface area contributed by atoms with Crippen molar-refractivity contribution in [1.82, 2.24) is 10.2 Å². The fourth-order valence-electron chi connectivity index (χ4n) is 2.43. The van der Waals surface area contributed by atoms with E-state index in [9.17, 15) is 0 Å². The van der Waals surface area contributed by atoms with Gasteiger partial charge >= 0.3 is 0 Å². The molecule has 4 nitrogen and oxygen atoms in total. The van der Waals surface area contributed by atoms with Gasteiger partial charge in [0, 0.05) is 11.1 Å². The highest BCUT2D eigenvalue weighted by molar-refractivity contribution is 5.70. The molecule has 3 aromatic rings. The monoisotopic (exact) mass is 294 g/mol. The van der Waals surface area contributed by atoms with Crippen molar-refractivity contribution < 1.29 is 9.47 Å². The number of rotatable bonds is 4. The molecule has 0 radical (unpaired) electrons. The first kappa shape index (κ1) is 14.2. The van der Waals surface area contributed by atoms with Gasteiger partial charge in [0.05, 0.1) is 25.6 Å². The lowest BCUT2D eigenvalue weighted by Crippen LogP contribution is -1.90. The molecule has 0 saturated carbocycles. The Balaban J connectivity index is 1.97. The highest BCUT2D eigenvalue weighted by Gasteiger charge is 2.09. The minimum absolute atomic E-state index is 0.701. The summed E-state index contributed by atoms with van der Waals surface area (Å²) >= 11 is 0. The second-order valence-corrected chi connectivity index (χ2v) is 5.11. The average molecular weight is 294 g/mol.